The molecule has 1 aromatic carbocycles. The maximum Gasteiger partial charge on any atom is 0.218 e. The Morgan fingerprint density at radius 2 is 2.00 bits per heavy atom. The molecule has 1 atom stereocenters. The van der Waals surface area contributed by atoms with Gasteiger partial charge in [0, 0.05) is 25.7 Å². The zero-order chi connectivity index (χ0) is 12.3. The Labute approximate surface area is 115 Å². The van der Waals surface area contributed by atoms with Crippen LogP contribution >= 0.6 is 12.4 Å². The maximum atomic E-state index is 12.2. The maximum absolute atomic E-state index is 12.2. The van der Waals surface area contributed by atoms with Crippen molar-refractivity contribution in [1.82, 2.24) is 9.62 Å². The second kappa shape index (κ2) is 6.52. The lowest BCUT2D eigenvalue weighted by Gasteiger charge is -2.31. The summed E-state index contributed by atoms with van der Waals surface area (Å²) in [7, 11) is -3.18. The van der Waals surface area contributed by atoms with Crippen LogP contribution in [0.1, 0.15) is 12.5 Å². The van der Waals surface area contributed by atoms with Crippen molar-refractivity contribution >= 4 is 22.4 Å². The Kier molecular flexibility index (Phi) is 5.59. The monoisotopic (exact) mass is 290 g/mol. The van der Waals surface area contributed by atoms with Crippen molar-refractivity contribution in [3.8, 4) is 0 Å². The van der Waals surface area contributed by atoms with Crippen LogP contribution in [-0.2, 0) is 15.8 Å². The van der Waals surface area contributed by atoms with Gasteiger partial charge in [-0.15, -0.1) is 12.4 Å². The van der Waals surface area contributed by atoms with Crippen LogP contribution in [0.2, 0.25) is 0 Å². The average molecular weight is 291 g/mol. The molecule has 0 bridgehead atoms. The van der Waals surface area contributed by atoms with E-state index in [0.29, 0.717) is 13.1 Å². The first-order chi connectivity index (χ1) is 8.08. The fourth-order valence-corrected chi connectivity index (χ4v) is 3.64. The van der Waals surface area contributed by atoms with Gasteiger partial charge in [-0.1, -0.05) is 30.3 Å². The van der Waals surface area contributed by atoms with Gasteiger partial charge in [-0.2, -0.15) is 4.31 Å². The topological polar surface area (TPSA) is 49.4 Å². The minimum absolute atomic E-state index is 0. The summed E-state index contributed by atoms with van der Waals surface area (Å²) >= 11 is 0. The first-order valence-corrected chi connectivity index (χ1v) is 7.44. The minimum atomic E-state index is -3.18. The molecule has 0 aliphatic carbocycles. The van der Waals surface area contributed by atoms with E-state index in [9.17, 15) is 8.42 Å². The highest BCUT2D eigenvalue weighted by Crippen LogP contribution is 2.12. The van der Waals surface area contributed by atoms with E-state index in [-0.39, 0.29) is 24.2 Å². The molecule has 1 aromatic rings. The summed E-state index contributed by atoms with van der Waals surface area (Å²) in [4.78, 5) is 0. The molecule has 1 heterocycles. The van der Waals surface area contributed by atoms with E-state index in [1.165, 1.54) is 0 Å². The number of nitrogens with zero attached hydrogens (tertiary/aromatic N) is 1. The number of hydrogen-bond acceptors (Lipinski definition) is 3. The van der Waals surface area contributed by atoms with Crippen molar-refractivity contribution in [2.75, 3.05) is 19.6 Å². The van der Waals surface area contributed by atoms with Crippen LogP contribution in [-0.4, -0.2) is 38.4 Å². The van der Waals surface area contributed by atoms with Gasteiger partial charge in [-0.25, -0.2) is 8.42 Å². The average Bonchev–Trinajstić information content (AvgIpc) is 2.30. The van der Waals surface area contributed by atoms with Crippen molar-refractivity contribution in [1.29, 1.82) is 0 Å². The number of sulfonamides is 1. The van der Waals surface area contributed by atoms with E-state index in [1.54, 1.807) is 4.31 Å². The number of benzene rings is 1. The van der Waals surface area contributed by atoms with Crippen molar-refractivity contribution in [2.24, 2.45) is 0 Å². The molecule has 4 nitrogen and oxygen atoms in total. The second-order valence-electron chi connectivity index (χ2n) is 4.46. The SMILES string of the molecule is CC1CN(S(=O)(=O)Cc2ccccc2)CCN1.Cl. The van der Waals surface area contributed by atoms with E-state index in [2.05, 4.69) is 5.32 Å². The first-order valence-electron chi connectivity index (χ1n) is 5.83. The lowest BCUT2D eigenvalue weighted by Crippen LogP contribution is -2.51. The second-order valence-corrected chi connectivity index (χ2v) is 6.42. The first kappa shape index (κ1) is 15.4. The van der Waals surface area contributed by atoms with Crippen LogP contribution < -0.4 is 5.32 Å². The van der Waals surface area contributed by atoms with Crippen LogP contribution in [0.3, 0.4) is 0 Å². The highest BCUT2D eigenvalue weighted by molar-refractivity contribution is 7.88. The van der Waals surface area contributed by atoms with Gasteiger partial charge in [0.1, 0.15) is 0 Å². The molecular weight excluding hydrogens is 272 g/mol. The summed E-state index contributed by atoms with van der Waals surface area (Å²) in [6.07, 6.45) is 0. The van der Waals surface area contributed by atoms with Crippen LogP contribution in [0.25, 0.3) is 0 Å². The number of rotatable bonds is 3. The molecule has 1 aliphatic rings. The molecule has 0 radical (unpaired) electrons. The molecule has 0 spiro atoms. The molecule has 1 fully saturated rings. The summed E-state index contributed by atoms with van der Waals surface area (Å²) in [5.41, 5.74) is 0.846. The number of hydrogen-bond donors (Lipinski definition) is 1. The fourth-order valence-electron chi connectivity index (χ4n) is 2.03. The Morgan fingerprint density at radius 3 is 2.61 bits per heavy atom. The molecule has 2 rings (SSSR count). The molecule has 0 amide bonds. The van der Waals surface area contributed by atoms with Gasteiger partial charge in [-0.05, 0) is 12.5 Å². The third-order valence-electron chi connectivity index (χ3n) is 2.92. The van der Waals surface area contributed by atoms with E-state index >= 15 is 0 Å². The summed E-state index contributed by atoms with van der Waals surface area (Å²) in [5.74, 6) is 0.0978. The number of nitrogens with one attached hydrogen (secondary N) is 1. The zero-order valence-electron chi connectivity index (χ0n) is 10.4. The molecule has 6 heteroatoms. The van der Waals surface area contributed by atoms with Crippen molar-refractivity contribution in [2.45, 2.75) is 18.7 Å². The molecule has 1 saturated heterocycles. The molecule has 1 unspecified atom stereocenters. The molecule has 18 heavy (non-hydrogen) atoms. The fraction of sp³-hybridized carbons (Fsp3) is 0.500. The van der Waals surface area contributed by atoms with E-state index in [4.69, 9.17) is 0 Å². The van der Waals surface area contributed by atoms with E-state index < -0.39 is 10.0 Å². The standard InChI is InChI=1S/C12H18N2O2S.ClH/c1-11-9-14(8-7-13-11)17(15,16)10-12-5-3-2-4-6-12;/h2-6,11,13H,7-10H2,1H3;1H. The Hall–Kier alpha value is -0.620. The highest BCUT2D eigenvalue weighted by atomic mass is 35.5. The van der Waals surface area contributed by atoms with Crippen molar-refractivity contribution < 1.29 is 8.42 Å². The minimum Gasteiger partial charge on any atom is -0.312 e. The largest absolute Gasteiger partial charge is 0.312 e. The van der Waals surface area contributed by atoms with Gasteiger partial charge in [0.05, 0.1) is 5.75 Å². The quantitative estimate of drug-likeness (QED) is 0.911. The van der Waals surface area contributed by atoms with Gasteiger partial charge < -0.3 is 5.32 Å². The van der Waals surface area contributed by atoms with Crippen LogP contribution in [0.15, 0.2) is 30.3 Å². The molecule has 0 saturated carbocycles. The lowest BCUT2D eigenvalue weighted by molar-refractivity contribution is 0.310. The van der Waals surface area contributed by atoms with Crippen molar-refractivity contribution in [3.05, 3.63) is 35.9 Å². The highest BCUT2D eigenvalue weighted by Gasteiger charge is 2.26. The predicted octanol–water partition coefficient (Wildman–Crippen LogP) is 1.23. The lowest BCUT2D eigenvalue weighted by atomic mass is 10.2. The summed E-state index contributed by atoms with van der Waals surface area (Å²) in [6, 6.07) is 9.56. The molecular formula is C12H19ClN2O2S. The molecule has 1 aliphatic heterocycles. The summed E-state index contributed by atoms with van der Waals surface area (Å²) in [6.45, 7) is 3.87. The van der Waals surface area contributed by atoms with Gasteiger partial charge in [0.15, 0.2) is 0 Å². The third kappa shape index (κ3) is 3.95. The Morgan fingerprint density at radius 1 is 1.33 bits per heavy atom. The predicted molar refractivity (Wildman–Crippen MR) is 75.4 cm³/mol. The van der Waals surface area contributed by atoms with E-state index in [1.807, 2.05) is 37.3 Å². The van der Waals surface area contributed by atoms with Gasteiger partial charge >= 0.3 is 0 Å². The summed E-state index contributed by atoms with van der Waals surface area (Å²) in [5, 5.41) is 3.24. The third-order valence-corrected chi connectivity index (χ3v) is 4.73. The molecule has 0 aromatic heterocycles. The van der Waals surface area contributed by atoms with Gasteiger partial charge in [-0.3, -0.25) is 0 Å². The van der Waals surface area contributed by atoms with Crippen LogP contribution in [0.4, 0.5) is 0 Å². The van der Waals surface area contributed by atoms with Crippen molar-refractivity contribution in [3.63, 3.8) is 0 Å². The van der Waals surface area contributed by atoms with E-state index in [0.717, 1.165) is 12.1 Å². The smallest absolute Gasteiger partial charge is 0.218 e. The van der Waals surface area contributed by atoms with Gasteiger partial charge in [0.25, 0.3) is 0 Å². The Bertz CT molecular complexity index is 464. The molecule has 102 valence electrons. The van der Waals surface area contributed by atoms with Crippen LogP contribution in [0, 0.1) is 0 Å². The number of piperazine rings is 1. The normalized spacial score (nSPS) is 21.3. The van der Waals surface area contributed by atoms with Gasteiger partial charge in [0.2, 0.25) is 10.0 Å². The zero-order valence-corrected chi connectivity index (χ0v) is 12.0. The number of halogens is 1. The summed E-state index contributed by atoms with van der Waals surface area (Å²) < 4.78 is 26.0. The Balaban J connectivity index is 0.00000162. The molecule has 1 N–H and O–H groups in total. The van der Waals surface area contributed by atoms with Crippen LogP contribution in [0.5, 0.6) is 0 Å².